The highest BCUT2D eigenvalue weighted by Crippen LogP contribution is 2.32. The van der Waals surface area contributed by atoms with Gasteiger partial charge in [-0.25, -0.2) is 13.4 Å². The molecule has 172 valence electrons. The average Bonchev–Trinajstić information content (AvgIpc) is 3.27. The lowest BCUT2D eigenvalue weighted by Gasteiger charge is -2.11. The van der Waals surface area contributed by atoms with Crippen molar-refractivity contribution in [3.63, 3.8) is 0 Å². The second kappa shape index (κ2) is 9.59. The number of carbonyl (C=O) groups excluding carboxylic acids is 1. The summed E-state index contributed by atoms with van der Waals surface area (Å²) in [6.07, 6.45) is 0. The molecular formula is C22H15ClN4O5S2. The molecule has 0 fully saturated rings. The van der Waals surface area contributed by atoms with Gasteiger partial charge in [0.2, 0.25) is 0 Å². The molecule has 0 radical (unpaired) electrons. The zero-order valence-corrected chi connectivity index (χ0v) is 19.5. The highest BCUT2D eigenvalue weighted by atomic mass is 35.5. The van der Waals surface area contributed by atoms with Crippen LogP contribution in [0, 0.1) is 10.1 Å². The molecule has 0 aliphatic carbocycles. The summed E-state index contributed by atoms with van der Waals surface area (Å²) < 4.78 is 28.2. The minimum Gasteiger partial charge on any atom is -0.298 e. The molecule has 2 N–H and O–H groups in total. The summed E-state index contributed by atoms with van der Waals surface area (Å²) >= 11 is 6.94. The smallest absolute Gasteiger partial charge is 0.282 e. The zero-order valence-electron chi connectivity index (χ0n) is 17.1. The number of nitro benzene ring substituents is 1. The third-order valence-electron chi connectivity index (χ3n) is 4.64. The minimum absolute atomic E-state index is 0.0439. The molecule has 4 aromatic rings. The van der Waals surface area contributed by atoms with Crippen LogP contribution in [0.5, 0.6) is 0 Å². The largest absolute Gasteiger partial charge is 0.298 e. The van der Waals surface area contributed by atoms with Gasteiger partial charge in [-0.15, -0.1) is 11.3 Å². The number of aromatic nitrogens is 1. The van der Waals surface area contributed by atoms with Crippen molar-refractivity contribution in [2.75, 3.05) is 10.0 Å². The topological polar surface area (TPSA) is 131 Å². The Hall–Kier alpha value is -3.80. The third-order valence-corrected chi connectivity index (χ3v) is 7.03. The van der Waals surface area contributed by atoms with E-state index in [1.54, 1.807) is 29.6 Å². The summed E-state index contributed by atoms with van der Waals surface area (Å²) in [5.74, 6) is -0.676. The Morgan fingerprint density at radius 2 is 1.68 bits per heavy atom. The van der Waals surface area contributed by atoms with Crippen molar-refractivity contribution >= 4 is 55.4 Å². The fraction of sp³-hybridized carbons (Fsp3) is 0. The number of anilines is 2. The van der Waals surface area contributed by atoms with E-state index in [0.717, 1.165) is 11.3 Å². The number of benzene rings is 3. The number of thiazole rings is 1. The molecule has 12 heteroatoms. The van der Waals surface area contributed by atoms with Crippen LogP contribution < -0.4 is 10.0 Å². The van der Waals surface area contributed by atoms with Crippen molar-refractivity contribution in [1.82, 2.24) is 4.98 Å². The summed E-state index contributed by atoms with van der Waals surface area (Å²) in [6.45, 7) is 0. The highest BCUT2D eigenvalue weighted by Gasteiger charge is 2.21. The quantitative estimate of drug-likeness (QED) is 0.250. The summed E-state index contributed by atoms with van der Waals surface area (Å²) in [7, 11) is -3.89. The Bertz CT molecular complexity index is 1490. The molecule has 1 aromatic heterocycles. The van der Waals surface area contributed by atoms with Gasteiger partial charge >= 0.3 is 0 Å². The predicted octanol–water partition coefficient (Wildman–Crippen LogP) is 5.42. The summed E-state index contributed by atoms with van der Waals surface area (Å²) in [6, 6.07) is 18.0. The van der Waals surface area contributed by atoms with Crippen LogP contribution >= 0.6 is 22.9 Å². The maximum absolute atomic E-state index is 12.8. The van der Waals surface area contributed by atoms with E-state index < -0.39 is 20.9 Å². The van der Waals surface area contributed by atoms with Crippen molar-refractivity contribution in [2.45, 2.75) is 4.90 Å². The van der Waals surface area contributed by atoms with E-state index in [9.17, 15) is 23.3 Å². The van der Waals surface area contributed by atoms with Gasteiger partial charge in [0, 0.05) is 22.0 Å². The Morgan fingerprint density at radius 3 is 2.41 bits per heavy atom. The van der Waals surface area contributed by atoms with Crippen LogP contribution in [0.25, 0.3) is 11.3 Å². The van der Waals surface area contributed by atoms with Crippen molar-refractivity contribution < 1.29 is 18.1 Å². The monoisotopic (exact) mass is 514 g/mol. The molecule has 0 saturated heterocycles. The first-order valence-electron chi connectivity index (χ1n) is 9.63. The highest BCUT2D eigenvalue weighted by molar-refractivity contribution is 7.92. The Kier molecular flexibility index (Phi) is 6.59. The fourth-order valence-electron chi connectivity index (χ4n) is 3.06. The van der Waals surface area contributed by atoms with Crippen LogP contribution in [0.2, 0.25) is 5.02 Å². The number of hydrogen-bond donors (Lipinski definition) is 2. The number of halogens is 1. The van der Waals surface area contributed by atoms with Crippen LogP contribution in [-0.2, 0) is 10.0 Å². The van der Waals surface area contributed by atoms with E-state index >= 15 is 0 Å². The maximum atomic E-state index is 12.8. The second-order valence-electron chi connectivity index (χ2n) is 6.87. The number of hydrogen-bond acceptors (Lipinski definition) is 7. The third kappa shape index (κ3) is 5.06. The average molecular weight is 515 g/mol. The number of para-hydroxylation sites is 2. The molecule has 0 unspecified atom stereocenters. The molecule has 1 heterocycles. The molecule has 0 aliphatic rings. The first-order valence-corrected chi connectivity index (χ1v) is 12.4. The number of carbonyl (C=O) groups is 1. The predicted molar refractivity (Wildman–Crippen MR) is 131 cm³/mol. The number of sulfonamides is 1. The van der Waals surface area contributed by atoms with Gasteiger partial charge in [0.05, 0.1) is 21.2 Å². The van der Waals surface area contributed by atoms with Gasteiger partial charge in [-0.1, -0.05) is 41.9 Å². The summed E-state index contributed by atoms with van der Waals surface area (Å²) in [4.78, 5) is 27.5. The molecule has 1 amide bonds. The number of nitrogens with one attached hydrogen (secondary N) is 2. The molecule has 0 spiro atoms. The molecule has 9 nitrogen and oxygen atoms in total. The molecule has 0 bridgehead atoms. The molecule has 34 heavy (non-hydrogen) atoms. The van der Waals surface area contributed by atoms with Gasteiger partial charge in [-0.05, 0) is 36.4 Å². The van der Waals surface area contributed by atoms with Crippen molar-refractivity contribution in [3.05, 3.63) is 98.9 Å². The Labute approximate surface area is 203 Å². The molecular weight excluding hydrogens is 500 g/mol. The normalized spacial score (nSPS) is 11.1. The zero-order chi connectivity index (χ0) is 24.3. The van der Waals surface area contributed by atoms with Crippen LogP contribution in [-0.4, -0.2) is 24.2 Å². The molecule has 3 aromatic carbocycles. The first kappa shape index (κ1) is 23.4. The first-order chi connectivity index (χ1) is 16.2. The lowest BCUT2D eigenvalue weighted by Crippen LogP contribution is -2.14. The van der Waals surface area contributed by atoms with Crippen molar-refractivity contribution in [3.8, 4) is 11.3 Å². The van der Waals surface area contributed by atoms with E-state index in [1.165, 1.54) is 48.5 Å². The lowest BCUT2D eigenvalue weighted by atomic mass is 10.1. The number of rotatable bonds is 7. The molecule has 4 rings (SSSR count). The summed E-state index contributed by atoms with van der Waals surface area (Å²) in [5.41, 5.74) is 0.776. The van der Waals surface area contributed by atoms with Crippen LogP contribution in [0.3, 0.4) is 0 Å². The Balaban J connectivity index is 1.59. The van der Waals surface area contributed by atoms with Gasteiger partial charge < -0.3 is 0 Å². The maximum Gasteiger partial charge on any atom is 0.282 e. The van der Waals surface area contributed by atoms with E-state index in [1.807, 2.05) is 0 Å². The van der Waals surface area contributed by atoms with Crippen molar-refractivity contribution in [2.24, 2.45) is 0 Å². The van der Waals surface area contributed by atoms with E-state index in [-0.39, 0.29) is 21.3 Å². The number of nitro groups is 1. The van der Waals surface area contributed by atoms with Gasteiger partial charge in [-0.3, -0.25) is 24.9 Å². The number of nitrogens with zero attached hydrogens (tertiary/aromatic N) is 2. The van der Waals surface area contributed by atoms with E-state index in [2.05, 4.69) is 15.0 Å². The molecule has 0 atom stereocenters. The van der Waals surface area contributed by atoms with E-state index in [0.29, 0.717) is 22.0 Å². The van der Waals surface area contributed by atoms with Crippen LogP contribution in [0.1, 0.15) is 10.4 Å². The van der Waals surface area contributed by atoms with Gasteiger partial charge in [0.25, 0.3) is 21.6 Å². The van der Waals surface area contributed by atoms with Gasteiger partial charge in [0.15, 0.2) is 5.13 Å². The second-order valence-corrected chi connectivity index (χ2v) is 9.85. The standard InChI is InChI=1S/C22H15ClN4O5S2/c23-14-9-11-15(12-10-14)34(31,32)26-18-7-3-1-5-16(18)19-13-33-22(24-19)25-21(28)17-6-2-4-8-20(17)27(29)30/h1-13,26H,(H,24,25,28). The number of amides is 1. The lowest BCUT2D eigenvalue weighted by molar-refractivity contribution is -0.385. The SMILES string of the molecule is O=C(Nc1nc(-c2ccccc2NS(=O)(=O)c2ccc(Cl)cc2)cs1)c1ccccc1[N+](=O)[O-]. The molecule has 0 saturated carbocycles. The van der Waals surface area contributed by atoms with Crippen molar-refractivity contribution in [1.29, 1.82) is 0 Å². The Morgan fingerprint density at radius 1 is 1.00 bits per heavy atom. The van der Waals surface area contributed by atoms with Crippen LogP contribution in [0.15, 0.2) is 83.1 Å². The molecule has 0 aliphatic heterocycles. The summed E-state index contributed by atoms with van der Waals surface area (Å²) in [5, 5.41) is 16.0. The van der Waals surface area contributed by atoms with Crippen LogP contribution in [0.4, 0.5) is 16.5 Å². The van der Waals surface area contributed by atoms with E-state index in [4.69, 9.17) is 11.6 Å². The fourth-order valence-corrected chi connectivity index (χ4v) is 4.97. The van der Waals surface area contributed by atoms with Gasteiger partial charge in [0.1, 0.15) is 5.56 Å². The minimum atomic E-state index is -3.89. The van der Waals surface area contributed by atoms with Gasteiger partial charge in [-0.2, -0.15) is 0 Å².